The van der Waals surface area contributed by atoms with E-state index < -0.39 is 0 Å². The van der Waals surface area contributed by atoms with E-state index in [1.807, 2.05) is 31.4 Å². The molecule has 0 saturated heterocycles. The lowest BCUT2D eigenvalue weighted by atomic mass is 10.1. The first-order valence-corrected chi connectivity index (χ1v) is 11.8. The van der Waals surface area contributed by atoms with Gasteiger partial charge >= 0.3 is 0 Å². The molecule has 2 aromatic carbocycles. The molecule has 0 saturated carbocycles. The first-order chi connectivity index (χ1) is 15.3. The van der Waals surface area contributed by atoms with Crippen LogP contribution in [0, 0.1) is 13.8 Å². The average Bonchev–Trinajstić information content (AvgIpc) is 3.12. The van der Waals surface area contributed by atoms with Gasteiger partial charge in [0.2, 0.25) is 17.7 Å². The average molecular weight is 469 g/mol. The minimum Gasteiger partial charge on any atom is -0.326 e. The summed E-state index contributed by atoms with van der Waals surface area (Å²) in [6, 6.07) is 12.9. The van der Waals surface area contributed by atoms with E-state index in [0.29, 0.717) is 17.1 Å². The van der Waals surface area contributed by atoms with E-state index in [4.69, 9.17) is 0 Å². The van der Waals surface area contributed by atoms with E-state index in [1.165, 1.54) is 30.0 Å². The topological polar surface area (TPSA) is 100 Å². The summed E-state index contributed by atoms with van der Waals surface area (Å²) in [5, 5.41) is 10.2. The molecular weight excluding hydrogens is 444 g/mol. The number of amides is 3. The van der Waals surface area contributed by atoms with E-state index in [0.717, 1.165) is 21.2 Å². The number of rotatable bonds is 8. The van der Waals surface area contributed by atoms with Crippen LogP contribution in [-0.4, -0.2) is 28.5 Å². The third kappa shape index (κ3) is 7.51. The number of carbonyl (C=O) groups excluding carboxylic acids is 3. The molecule has 166 valence electrons. The van der Waals surface area contributed by atoms with Gasteiger partial charge in [-0.2, -0.15) is 0 Å². The molecule has 0 aliphatic carbocycles. The molecule has 1 aromatic heterocycles. The maximum atomic E-state index is 12.3. The quantitative estimate of drug-likeness (QED) is 0.419. The Hall–Kier alpha value is -3.17. The molecule has 0 aliphatic heterocycles. The molecule has 0 spiro atoms. The van der Waals surface area contributed by atoms with Crippen molar-refractivity contribution in [1.82, 2.24) is 4.98 Å². The number of benzene rings is 2. The van der Waals surface area contributed by atoms with Gasteiger partial charge in [-0.25, -0.2) is 4.98 Å². The van der Waals surface area contributed by atoms with E-state index in [9.17, 15) is 14.4 Å². The molecule has 7 nitrogen and oxygen atoms in total. The van der Waals surface area contributed by atoms with Crippen molar-refractivity contribution < 1.29 is 14.4 Å². The molecule has 3 rings (SSSR count). The zero-order chi connectivity index (χ0) is 23.1. The lowest BCUT2D eigenvalue weighted by Gasteiger charge is -2.07. The fourth-order valence-electron chi connectivity index (χ4n) is 3.05. The van der Waals surface area contributed by atoms with Crippen LogP contribution in [0.4, 0.5) is 17.1 Å². The van der Waals surface area contributed by atoms with Gasteiger partial charge in [-0.05, 0) is 55.3 Å². The van der Waals surface area contributed by atoms with Crippen LogP contribution in [-0.2, 0) is 20.8 Å². The van der Waals surface area contributed by atoms with Gasteiger partial charge < -0.3 is 16.0 Å². The summed E-state index contributed by atoms with van der Waals surface area (Å²) in [7, 11) is 0. The van der Waals surface area contributed by atoms with Crippen molar-refractivity contribution in [2.24, 2.45) is 0 Å². The summed E-state index contributed by atoms with van der Waals surface area (Å²) < 4.78 is 0.723. The van der Waals surface area contributed by atoms with Crippen molar-refractivity contribution in [2.75, 3.05) is 21.7 Å². The molecule has 1 heterocycles. The molecule has 0 bridgehead atoms. The Morgan fingerprint density at radius 3 is 2.25 bits per heavy atom. The monoisotopic (exact) mass is 468 g/mol. The highest BCUT2D eigenvalue weighted by molar-refractivity contribution is 8.01. The number of hydrogen-bond acceptors (Lipinski definition) is 6. The normalized spacial score (nSPS) is 10.5. The van der Waals surface area contributed by atoms with Gasteiger partial charge in [-0.1, -0.05) is 23.9 Å². The highest BCUT2D eigenvalue weighted by Gasteiger charge is 2.11. The summed E-state index contributed by atoms with van der Waals surface area (Å²) in [5.41, 5.74) is 4.84. The van der Waals surface area contributed by atoms with Crippen LogP contribution in [0.25, 0.3) is 0 Å². The number of carbonyl (C=O) groups is 3. The smallest absolute Gasteiger partial charge is 0.234 e. The number of thioether (sulfide) groups is 1. The lowest BCUT2D eigenvalue weighted by Crippen LogP contribution is -2.15. The van der Waals surface area contributed by atoms with Crippen LogP contribution in [0.15, 0.2) is 52.2 Å². The van der Waals surface area contributed by atoms with E-state index >= 15 is 0 Å². The lowest BCUT2D eigenvalue weighted by molar-refractivity contribution is -0.116. The molecule has 3 aromatic rings. The summed E-state index contributed by atoms with van der Waals surface area (Å²) in [4.78, 5) is 40.2. The van der Waals surface area contributed by atoms with Gasteiger partial charge in [0, 0.05) is 29.4 Å². The van der Waals surface area contributed by atoms with Crippen molar-refractivity contribution >= 4 is 57.9 Å². The molecule has 0 aliphatic rings. The third-order valence-corrected chi connectivity index (χ3v) is 6.24. The molecule has 32 heavy (non-hydrogen) atoms. The maximum Gasteiger partial charge on any atom is 0.234 e. The highest BCUT2D eigenvalue weighted by atomic mass is 32.2. The Morgan fingerprint density at radius 2 is 1.56 bits per heavy atom. The summed E-state index contributed by atoms with van der Waals surface area (Å²) in [5.74, 6) is -0.300. The maximum absolute atomic E-state index is 12.3. The number of aromatic nitrogens is 1. The number of anilines is 3. The second kappa shape index (κ2) is 10.9. The van der Waals surface area contributed by atoms with Crippen molar-refractivity contribution in [3.63, 3.8) is 0 Å². The molecule has 3 N–H and O–H groups in total. The molecular formula is C23H24N4O3S2. The Labute approximate surface area is 195 Å². The van der Waals surface area contributed by atoms with Crippen molar-refractivity contribution in [2.45, 2.75) is 31.5 Å². The Kier molecular flexibility index (Phi) is 8.02. The number of nitrogens with one attached hydrogen (secondary N) is 3. The van der Waals surface area contributed by atoms with Crippen molar-refractivity contribution in [3.8, 4) is 0 Å². The van der Waals surface area contributed by atoms with E-state index in [-0.39, 0.29) is 29.9 Å². The van der Waals surface area contributed by atoms with Gasteiger partial charge in [0.15, 0.2) is 4.34 Å². The molecule has 0 fully saturated rings. The zero-order valence-electron chi connectivity index (χ0n) is 18.0. The van der Waals surface area contributed by atoms with Crippen LogP contribution >= 0.6 is 23.1 Å². The Morgan fingerprint density at radius 1 is 0.906 bits per heavy atom. The molecule has 0 radical (unpaired) electrons. The van der Waals surface area contributed by atoms with E-state index in [1.54, 1.807) is 24.3 Å². The summed E-state index contributed by atoms with van der Waals surface area (Å²) >= 11 is 2.72. The van der Waals surface area contributed by atoms with Gasteiger partial charge in [-0.15, -0.1) is 11.3 Å². The van der Waals surface area contributed by atoms with Gasteiger partial charge in [0.1, 0.15) is 0 Å². The minimum absolute atomic E-state index is 0.131. The minimum atomic E-state index is -0.181. The van der Waals surface area contributed by atoms with Crippen LogP contribution in [0.5, 0.6) is 0 Å². The highest BCUT2D eigenvalue weighted by Crippen LogP contribution is 2.24. The SMILES string of the molecule is CC(=O)Nc1cccc(NC(=O)CSc2nc(CC(=O)Nc3cc(C)cc(C)c3)cs2)c1. The molecule has 3 amide bonds. The number of aryl methyl sites for hydroxylation is 2. The fraction of sp³-hybridized carbons (Fsp3) is 0.217. The van der Waals surface area contributed by atoms with Gasteiger partial charge in [-0.3, -0.25) is 14.4 Å². The standard InChI is InChI=1S/C23H24N4O3S2/c1-14-7-15(2)9-19(8-14)26-21(29)11-20-12-31-23(27-20)32-13-22(30)25-18-6-4-5-17(10-18)24-16(3)28/h4-10,12H,11,13H2,1-3H3,(H,24,28)(H,25,30)(H,26,29). The second-order valence-corrected chi connectivity index (χ2v) is 9.39. The van der Waals surface area contributed by atoms with Gasteiger partial charge in [0.25, 0.3) is 0 Å². The van der Waals surface area contributed by atoms with Crippen LogP contribution < -0.4 is 16.0 Å². The Bertz CT molecular complexity index is 1120. The van der Waals surface area contributed by atoms with Crippen LogP contribution in [0.3, 0.4) is 0 Å². The number of thiazole rings is 1. The predicted molar refractivity (Wildman–Crippen MR) is 130 cm³/mol. The van der Waals surface area contributed by atoms with Crippen molar-refractivity contribution in [3.05, 3.63) is 64.7 Å². The first kappa shape index (κ1) is 23.5. The molecule has 9 heteroatoms. The third-order valence-electron chi connectivity index (χ3n) is 4.17. The van der Waals surface area contributed by atoms with E-state index in [2.05, 4.69) is 27.0 Å². The number of nitrogens with zero attached hydrogens (tertiary/aromatic N) is 1. The Balaban J connectivity index is 1.48. The fourth-order valence-corrected chi connectivity index (χ4v) is 4.70. The second-order valence-electron chi connectivity index (χ2n) is 7.30. The summed E-state index contributed by atoms with van der Waals surface area (Å²) in [6.07, 6.45) is 0.173. The predicted octanol–water partition coefficient (Wildman–Crippen LogP) is 4.63. The first-order valence-electron chi connectivity index (χ1n) is 9.89. The van der Waals surface area contributed by atoms with Crippen molar-refractivity contribution in [1.29, 1.82) is 0 Å². The molecule has 0 atom stereocenters. The largest absolute Gasteiger partial charge is 0.326 e. The molecule has 0 unspecified atom stereocenters. The number of hydrogen-bond donors (Lipinski definition) is 3. The van der Waals surface area contributed by atoms with Gasteiger partial charge in [0.05, 0.1) is 17.9 Å². The van der Waals surface area contributed by atoms with Crippen LogP contribution in [0.2, 0.25) is 0 Å². The summed E-state index contributed by atoms with van der Waals surface area (Å²) in [6.45, 7) is 5.41. The zero-order valence-corrected chi connectivity index (χ0v) is 19.7. The van der Waals surface area contributed by atoms with Crippen LogP contribution in [0.1, 0.15) is 23.7 Å².